The molecule has 4 aromatic rings. The Balaban J connectivity index is 1.82. The number of hydrogen-bond donors (Lipinski definition) is 1. The van der Waals surface area contributed by atoms with E-state index < -0.39 is 0 Å². The molecule has 130 valence electrons. The van der Waals surface area contributed by atoms with Crippen LogP contribution in [0.3, 0.4) is 0 Å². The predicted molar refractivity (Wildman–Crippen MR) is 104 cm³/mol. The summed E-state index contributed by atoms with van der Waals surface area (Å²) >= 11 is 0. The molecule has 5 nitrogen and oxygen atoms in total. The van der Waals surface area contributed by atoms with Crippen LogP contribution in [0.5, 0.6) is 0 Å². The highest BCUT2D eigenvalue weighted by Crippen LogP contribution is 2.24. The fourth-order valence-corrected chi connectivity index (χ4v) is 3.03. The van der Waals surface area contributed by atoms with Crippen LogP contribution in [0.1, 0.15) is 30.8 Å². The number of aryl methyl sites for hydroxylation is 1. The average Bonchev–Trinajstić information content (AvgIpc) is 3.10. The highest BCUT2D eigenvalue weighted by Gasteiger charge is 2.11. The SMILES string of the molecule is CCC(N)c1cccc(-c2ccc3cnc(-c4cccc(C)n4)n3c2)n1. The van der Waals surface area contributed by atoms with Gasteiger partial charge in [-0.05, 0) is 49.7 Å². The molecule has 1 unspecified atom stereocenters. The summed E-state index contributed by atoms with van der Waals surface area (Å²) in [7, 11) is 0. The zero-order chi connectivity index (χ0) is 18.1. The second-order valence-corrected chi connectivity index (χ2v) is 6.42. The molecule has 0 spiro atoms. The van der Waals surface area contributed by atoms with Crippen molar-refractivity contribution in [2.45, 2.75) is 26.3 Å². The minimum atomic E-state index is -0.0426. The Labute approximate surface area is 152 Å². The number of hydrogen-bond acceptors (Lipinski definition) is 4. The number of imidazole rings is 1. The van der Waals surface area contributed by atoms with Gasteiger partial charge in [0.15, 0.2) is 5.82 Å². The summed E-state index contributed by atoms with van der Waals surface area (Å²) in [5.41, 5.74) is 11.8. The van der Waals surface area contributed by atoms with Gasteiger partial charge in [0, 0.05) is 23.5 Å². The summed E-state index contributed by atoms with van der Waals surface area (Å²) in [6.07, 6.45) is 4.78. The molecule has 5 heteroatoms. The van der Waals surface area contributed by atoms with Crippen LogP contribution in [-0.2, 0) is 0 Å². The number of nitrogens with zero attached hydrogens (tertiary/aromatic N) is 4. The van der Waals surface area contributed by atoms with E-state index >= 15 is 0 Å². The van der Waals surface area contributed by atoms with Gasteiger partial charge in [-0.1, -0.05) is 19.1 Å². The van der Waals surface area contributed by atoms with E-state index in [1.165, 1.54) is 0 Å². The Hall–Kier alpha value is -3.05. The molecule has 2 N–H and O–H groups in total. The zero-order valence-electron chi connectivity index (χ0n) is 14.9. The number of nitrogens with two attached hydrogens (primary N) is 1. The molecule has 0 bridgehead atoms. The summed E-state index contributed by atoms with van der Waals surface area (Å²) in [6.45, 7) is 4.05. The van der Waals surface area contributed by atoms with Crippen molar-refractivity contribution in [3.8, 4) is 22.8 Å². The first-order chi connectivity index (χ1) is 12.7. The third-order valence-corrected chi connectivity index (χ3v) is 4.53. The third kappa shape index (κ3) is 2.97. The maximum atomic E-state index is 6.14. The maximum Gasteiger partial charge on any atom is 0.163 e. The zero-order valence-corrected chi connectivity index (χ0v) is 14.9. The van der Waals surface area contributed by atoms with Crippen molar-refractivity contribution in [2.75, 3.05) is 0 Å². The van der Waals surface area contributed by atoms with Crippen LogP contribution >= 0.6 is 0 Å². The van der Waals surface area contributed by atoms with Crippen molar-refractivity contribution in [1.29, 1.82) is 0 Å². The predicted octanol–water partition coefficient (Wildman–Crippen LogP) is 4.18. The van der Waals surface area contributed by atoms with Crippen LogP contribution < -0.4 is 5.73 Å². The van der Waals surface area contributed by atoms with Crippen molar-refractivity contribution in [2.24, 2.45) is 5.73 Å². The van der Waals surface area contributed by atoms with Gasteiger partial charge < -0.3 is 5.73 Å². The summed E-state index contributed by atoms with van der Waals surface area (Å²) in [6, 6.07) is 16.0. The summed E-state index contributed by atoms with van der Waals surface area (Å²) in [4.78, 5) is 13.9. The molecule has 0 amide bonds. The van der Waals surface area contributed by atoms with E-state index in [1.807, 2.05) is 49.5 Å². The van der Waals surface area contributed by atoms with Crippen LogP contribution in [0.15, 0.2) is 60.9 Å². The first-order valence-electron chi connectivity index (χ1n) is 8.80. The maximum absolute atomic E-state index is 6.14. The van der Waals surface area contributed by atoms with Gasteiger partial charge in [-0.3, -0.25) is 9.38 Å². The van der Waals surface area contributed by atoms with Gasteiger partial charge in [-0.2, -0.15) is 0 Å². The van der Waals surface area contributed by atoms with Gasteiger partial charge >= 0.3 is 0 Å². The number of aromatic nitrogens is 4. The Morgan fingerprint density at radius 1 is 1.00 bits per heavy atom. The van der Waals surface area contributed by atoms with Crippen LogP contribution in [0.4, 0.5) is 0 Å². The average molecular weight is 343 g/mol. The van der Waals surface area contributed by atoms with Gasteiger partial charge in [-0.25, -0.2) is 9.97 Å². The normalized spacial score (nSPS) is 12.4. The molecule has 0 saturated heterocycles. The van der Waals surface area contributed by atoms with Crippen LogP contribution in [-0.4, -0.2) is 19.4 Å². The Bertz CT molecular complexity index is 1070. The molecule has 0 aromatic carbocycles. The van der Waals surface area contributed by atoms with Crippen LogP contribution in [0.25, 0.3) is 28.3 Å². The molecule has 4 heterocycles. The number of pyridine rings is 3. The summed E-state index contributed by atoms with van der Waals surface area (Å²) in [5.74, 6) is 0.826. The highest BCUT2D eigenvalue weighted by atomic mass is 15.0. The molecule has 4 aromatic heterocycles. The minimum Gasteiger partial charge on any atom is -0.323 e. The van der Waals surface area contributed by atoms with Crippen molar-refractivity contribution < 1.29 is 0 Å². The Morgan fingerprint density at radius 3 is 2.62 bits per heavy atom. The number of rotatable bonds is 4. The second-order valence-electron chi connectivity index (χ2n) is 6.42. The van der Waals surface area contributed by atoms with Gasteiger partial charge in [0.05, 0.1) is 23.1 Å². The second kappa shape index (κ2) is 6.69. The van der Waals surface area contributed by atoms with E-state index in [-0.39, 0.29) is 6.04 Å². The minimum absolute atomic E-state index is 0.0426. The van der Waals surface area contributed by atoms with Gasteiger partial charge in [-0.15, -0.1) is 0 Å². The molecule has 0 radical (unpaired) electrons. The summed E-state index contributed by atoms with van der Waals surface area (Å²) in [5, 5.41) is 0. The molecule has 0 aliphatic heterocycles. The van der Waals surface area contributed by atoms with Crippen molar-refractivity contribution in [3.05, 3.63) is 72.3 Å². The van der Waals surface area contributed by atoms with E-state index in [9.17, 15) is 0 Å². The van der Waals surface area contributed by atoms with Crippen LogP contribution in [0, 0.1) is 6.92 Å². The fraction of sp³-hybridized carbons (Fsp3) is 0.190. The quantitative estimate of drug-likeness (QED) is 0.603. The molecule has 0 fully saturated rings. The van der Waals surface area contributed by atoms with E-state index in [1.54, 1.807) is 0 Å². The number of fused-ring (bicyclic) bond motifs is 1. The molecule has 0 saturated carbocycles. The van der Waals surface area contributed by atoms with E-state index in [2.05, 4.69) is 39.6 Å². The fourth-order valence-electron chi connectivity index (χ4n) is 3.03. The third-order valence-electron chi connectivity index (χ3n) is 4.53. The van der Waals surface area contributed by atoms with Crippen molar-refractivity contribution in [3.63, 3.8) is 0 Å². The summed E-state index contributed by atoms with van der Waals surface area (Å²) < 4.78 is 2.06. The lowest BCUT2D eigenvalue weighted by Gasteiger charge is -2.10. The Kier molecular flexibility index (Phi) is 4.22. The van der Waals surface area contributed by atoms with Crippen LogP contribution in [0.2, 0.25) is 0 Å². The standard InChI is InChI=1S/C21H21N5/c1-3-17(22)19-8-5-7-18(25-19)15-10-11-16-12-23-21(26(16)13-15)20-9-4-6-14(2)24-20/h4-13,17H,3,22H2,1-2H3. The smallest absolute Gasteiger partial charge is 0.163 e. The molecule has 1 atom stereocenters. The topological polar surface area (TPSA) is 69.1 Å². The molecule has 0 aliphatic carbocycles. The van der Waals surface area contributed by atoms with Gasteiger partial charge in [0.2, 0.25) is 0 Å². The van der Waals surface area contributed by atoms with Gasteiger partial charge in [0.1, 0.15) is 5.69 Å². The first kappa shape index (κ1) is 16.4. The Morgan fingerprint density at radius 2 is 1.81 bits per heavy atom. The molecular formula is C21H21N5. The molecular weight excluding hydrogens is 322 g/mol. The van der Waals surface area contributed by atoms with Crippen molar-refractivity contribution in [1.82, 2.24) is 19.4 Å². The molecule has 4 rings (SSSR count). The van der Waals surface area contributed by atoms with E-state index in [4.69, 9.17) is 10.7 Å². The first-order valence-corrected chi connectivity index (χ1v) is 8.80. The van der Waals surface area contributed by atoms with E-state index in [0.29, 0.717) is 0 Å². The van der Waals surface area contributed by atoms with E-state index in [0.717, 1.165) is 46.1 Å². The van der Waals surface area contributed by atoms with Crippen molar-refractivity contribution >= 4 is 5.52 Å². The highest BCUT2D eigenvalue weighted by molar-refractivity contribution is 5.66. The lowest BCUT2D eigenvalue weighted by molar-refractivity contribution is 0.676. The molecule has 0 aliphatic rings. The largest absolute Gasteiger partial charge is 0.323 e. The molecule has 26 heavy (non-hydrogen) atoms. The lowest BCUT2D eigenvalue weighted by atomic mass is 10.1. The lowest BCUT2D eigenvalue weighted by Crippen LogP contribution is -2.10. The monoisotopic (exact) mass is 343 g/mol. The van der Waals surface area contributed by atoms with Gasteiger partial charge in [0.25, 0.3) is 0 Å².